The van der Waals surface area contributed by atoms with Crippen LogP contribution in [0.4, 0.5) is 0 Å². The van der Waals surface area contributed by atoms with Gasteiger partial charge in [0.05, 0.1) is 22.3 Å². The summed E-state index contributed by atoms with van der Waals surface area (Å²) < 4.78 is 53.3. The van der Waals surface area contributed by atoms with Crippen LogP contribution >= 0.6 is 0 Å². The molecule has 0 amide bonds. The van der Waals surface area contributed by atoms with Gasteiger partial charge < -0.3 is 4.42 Å². The lowest BCUT2D eigenvalue weighted by Crippen LogP contribution is -2.23. The molecular weight excluding hydrogens is 304 g/mol. The minimum absolute atomic E-state index is 0.0478. The first-order valence-electron chi connectivity index (χ1n) is 5.43. The predicted molar refractivity (Wildman–Crippen MR) is 70.5 cm³/mol. The van der Waals surface area contributed by atoms with Crippen molar-refractivity contribution in [2.45, 2.75) is 16.3 Å². The fourth-order valence-electron chi connectivity index (χ4n) is 1.46. The van der Waals surface area contributed by atoms with Crippen LogP contribution < -0.4 is 9.86 Å². The number of primary sulfonamides is 1. The molecule has 1 aromatic heterocycles. The lowest BCUT2D eigenvalue weighted by molar-refractivity contribution is 0.561. The smallest absolute Gasteiger partial charge is 0.240 e. The van der Waals surface area contributed by atoms with E-state index in [0.29, 0.717) is 5.56 Å². The Morgan fingerprint density at radius 3 is 2.10 bits per heavy atom. The molecule has 0 aliphatic carbocycles. The van der Waals surface area contributed by atoms with Crippen LogP contribution in [-0.4, -0.2) is 16.8 Å². The molecular formula is C11H12N2O5S2. The van der Waals surface area contributed by atoms with Crippen molar-refractivity contribution in [1.29, 1.82) is 0 Å². The van der Waals surface area contributed by atoms with Gasteiger partial charge in [-0.25, -0.2) is 26.7 Å². The summed E-state index contributed by atoms with van der Waals surface area (Å²) in [6.07, 6.45) is 2.86. The molecule has 1 heterocycles. The highest BCUT2D eigenvalue weighted by atomic mass is 32.2. The van der Waals surface area contributed by atoms with Crippen molar-refractivity contribution >= 4 is 20.0 Å². The Morgan fingerprint density at radius 2 is 1.60 bits per heavy atom. The van der Waals surface area contributed by atoms with Crippen molar-refractivity contribution in [3.63, 3.8) is 0 Å². The lowest BCUT2D eigenvalue weighted by Gasteiger charge is -2.06. The highest BCUT2D eigenvalue weighted by molar-refractivity contribution is 7.89. The zero-order valence-electron chi connectivity index (χ0n) is 10.2. The van der Waals surface area contributed by atoms with Crippen LogP contribution in [0, 0.1) is 0 Å². The third-order valence-corrected chi connectivity index (χ3v) is 4.86. The van der Waals surface area contributed by atoms with Crippen LogP contribution in [0.25, 0.3) is 0 Å². The lowest BCUT2D eigenvalue weighted by atomic mass is 10.4. The van der Waals surface area contributed by atoms with Gasteiger partial charge in [-0.2, -0.15) is 0 Å². The van der Waals surface area contributed by atoms with Gasteiger partial charge in [0.2, 0.25) is 20.0 Å². The summed E-state index contributed by atoms with van der Waals surface area (Å²) in [5, 5.41) is 4.94. The fourth-order valence-corrected chi connectivity index (χ4v) is 3.00. The van der Waals surface area contributed by atoms with E-state index in [1.54, 1.807) is 6.07 Å². The minimum Gasteiger partial charge on any atom is -0.472 e. The van der Waals surface area contributed by atoms with Gasteiger partial charge in [-0.1, -0.05) is 0 Å². The van der Waals surface area contributed by atoms with Crippen LogP contribution in [-0.2, 0) is 26.6 Å². The number of sulfonamides is 2. The van der Waals surface area contributed by atoms with E-state index in [0.717, 1.165) is 12.1 Å². The highest BCUT2D eigenvalue weighted by Gasteiger charge is 2.15. The number of nitrogens with two attached hydrogens (primary N) is 1. The molecule has 0 aliphatic heterocycles. The zero-order valence-corrected chi connectivity index (χ0v) is 11.8. The number of rotatable bonds is 5. The summed E-state index contributed by atoms with van der Waals surface area (Å²) in [5.41, 5.74) is 0.676. The second kappa shape index (κ2) is 5.37. The maximum absolute atomic E-state index is 12.0. The van der Waals surface area contributed by atoms with E-state index in [-0.39, 0.29) is 16.3 Å². The Morgan fingerprint density at radius 1 is 1.00 bits per heavy atom. The van der Waals surface area contributed by atoms with E-state index in [2.05, 4.69) is 4.72 Å². The molecule has 0 fully saturated rings. The standard InChI is InChI=1S/C11H12N2O5S2/c12-19(14,15)10-1-3-11(4-2-10)20(16,17)13-7-9-5-6-18-8-9/h1-6,8,13H,7H2,(H2,12,14,15). The van der Waals surface area contributed by atoms with Crippen LogP contribution in [0.15, 0.2) is 57.1 Å². The summed E-state index contributed by atoms with van der Waals surface area (Å²) >= 11 is 0. The number of nitrogens with one attached hydrogen (secondary N) is 1. The van der Waals surface area contributed by atoms with Crippen LogP contribution in [0.2, 0.25) is 0 Å². The molecule has 7 nitrogen and oxygen atoms in total. The molecule has 108 valence electrons. The van der Waals surface area contributed by atoms with Crippen molar-refractivity contribution in [2.24, 2.45) is 5.14 Å². The Bertz CT molecular complexity index is 778. The van der Waals surface area contributed by atoms with Crippen LogP contribution in [0.1, 0.15) is 5.56 Å². The molecule has 0 saturated heterocycles. The maximum atomic E-state index is 12.0. The zero-order chi connectivity index (χ0) is 14.8. The number of furan rings is 1. The summed E-state index contributed by atoms with van der Waals surface area (Å²) in [7, 11) is -7.57. The Labute approximate surface area is 116 Å². The van der Waals surface area contributed by atoms with Gasteiger partial charge in [0.15, 0.2) is 0 Å². The van der Waals surface area contributed by atoms with E-state index in [1.807, 2.05) is 0 Å². The van der Waals surface area contributed by atoms with Gasteiger partial charge in [-0.3, -0.25) is 0 Å². The first kappa shape index (κ1) is 14.7. The SMILES string of the molecule is NS(=O)(=O)c1ccc(S(=O)(=O)NCc2ccoc2)cc1. The minimum atomic E-state index is -3.84. The molecule has 0 aliphatic rings. The fraction of sp³-hybridized carbons (Fsp3) is 0.0909. The molecule has 0 unspecified atom stereocenters. The first-order chi connectivity index (χ1) is 9.29. The van der Waals surface area contributed by atoms with Gasteiger partial charge in [0, 0.05) is 12.1 Å². The highest BCUT2D eigenvalue weighted by Crippen LogP contribution is 2.13. The van der Waals surface area contributed by atoms with E-state index in [9.17, 15) is 16.8 Å². The molecule has 0 bridgehead atoms. The van der Waals surface area contributed by atoms with E-state index in [1.165, 1.54) is 24.7 Å². The Kier molecular flexibility index (Phi) is 3.95. The molecule has 0 saturated carbocycles. The normalized spacial score (nSPS) is 12.4. The second-order valence-corrected chi connectivity index (χ2v) is 7.30. The quantitative estimate of drug-likeness (QED) is 0.827. The van der Waals surface area contributed by atoms with Gasteiger partial charge in [0.1, 0.15) is 0 Å². The first-order valence-corrected chi connectivity index (χ1v) is 8.45. The van der Waals surface area contributed by atoms with Crippen molar-refractivity contribution in [1.82, 2.24) is 4.72 Å². The van der Waals surface area contributed by atoms with Crippen molar-refractivity contribution in [2.75, 3.05) is 0 Å². The van der Waals surface area contributed by atoms with Gasteiger partial charge >= 0.3 is 0 Å². The average Bonchev–Trinajstić information content (AvgIpc) is 2.89. The summed E-state index contributed by atoms with van der Waals surface area (Å²) in [5.74, 6) is 0. The van der Waals surface area contributed by atoms with E-state index < -0.39 is 20.0 Å². The number of hydrogen-bond acceptors (Lipinski definition) is 5. The molecule has 3 N–H and O–H groups in total. The summed E-state index contributed by atoms with van der Waals surface area (Å²) in [6.45, 7) is 0.0791. The largest absolute Gasteiger partial charge is 0.472 e. The van der Waals surface area contributed by atoms with Gasteiger partial charge in [0.25, 0.3) is 0 Å². The molecule has 0 radical (unpaired) electrons. The second-order valence-electron chi connectivity index (χ2n) is 3.97. The third kappa shape index (κ3) is 3.45. The number of benzene rings is 1. The third-order valence-electron chi connectivity index (χ3n) is 2.51. The molecule has 0 spiro atoms. The molecule has 20 heavy (non-hydrogen) atoms. The number of hydrogen-bond donors (Lipinski definition) is 2. The van der Waals surface area contributed by atoms with Crippen molar-refractivity contribution in [3.05, 3.63) is 48.4 Å². The van der Waals surface area contributed by atoms with Crippen molar-refractivity contribution in [3.8, 4) is 0 Å². The summed E-state index contributed by atoms with van der Waals surface area (Å²) in [4.78, 5) is -0.195. The topological polar surface area (TPSA) is 119 Å². The van der Waals surface area contributed by atoms with E-state index in [4.69, 9.17) is 9.56 Å². The molecule has 9 heteroatoms. The monoisotopic (exact) mass is 316 g/mol. The van der Waals surface area contributed by atoms with Crippen molar-refractivity contribution < 1.29 is 21.3 Å². The Balaban J connectivity index is 2.17. The van der Waals surface area contributed by atoms with Crippen LogP contribution in [0.5, 0.6) is 0 Å². The Hall–Kier alpha value is -1.68. The summed E-state index contributed by atoms with van der Waals surface area (Å²) in [6, 6.07) is 6.27. The van der Waals surface area contributed by atoms with Gasteiger partial charge in [-0.05, 0) is 30.3 Å². The molecule has 2 aromatic rings. The molecule has 1 aromatic carbocycles. The molecule has 2 rings (SSSR count). The molecule has 0 atom stereocenters. The maximum Gasteiger partial charge on any atom is 0.240 e. The van der Waals surface area contributed by atoms with Gasteiger partial charge in [-0.15, -0.1) is 0 Å². The average molecular weight is 316 g/mol. The van der Waals surface area contributed by atoms with E-state index >= 15 is 0 Å². The predicted octanol–water partition coefficient (Wildman–Crippen LogP) is 0.406. The van der Waals surface area contributed by atoms with Crippen LogP contribution in [0.3, 0.4) is 0 Å².